The smallest absolute Gasteiger partial charge is 0.277 e. The molecule has 0 radical (unpaired) electrons. The summed E-state index contributed by atoms with van der Waals surface area (Å²) in [6.07, 6.45) is 1.64. The van der Waals surface area contributed by atoms with E-state index < -0.39 is 4.92 Å². The molecule has 1 heterocycles. The van der Waals surface area contributed by atoms with Gasteiger partial charge in [-0.2, -0.15) is 0 Å². The predicted molar refractivity (Wildman–Crippen MR) is 97.4 cm³/mol. The molecular formula is C18H25N3O5. The molecule has 8 nitrogen and oxygen atoms in total. The molecule has 1 aromatic heterocycles. The molecule has 2 aromatic rings. The molecule has 142 valence electrons. The van der Waals surface area contributed by atoms with Crippen LogP contribution in [0, 0.1) is 10.1 Å². The summed E-state index contributed by atoms with van der Waals surface area (Å²) < 4.78 is 10.6. The van der Waals surface area contributed by atoms with Crippen molar-refractivity contribution in [1.82, 2.24) is 10.2 Å². The first-order valence-electron chi connectivity index (χ1n) is 8.54. The molecule has 2 rings (SSSR count). The molecule has 0 aliphatic carbocycles. The summed E-state index contributed by atoms with van der Waals surface area (Å²) >= 11 is 0. The van der Waals surface area contributed by atoms with Crippen LogP contribution in [0.5, 0.6) is 11.5 Å². The molecule has 1 atom stereocenters. The number of nitrogens with one attached hydrogen (secondary N) is 1. The zero-order valence-electron chi connectivity index (χ0n) is 15.3. The fourth-order valence-electron chi connectivity index (χ4n) is 2.97. The van der Waals surface area contributed by atoms with Crippen LogP contribution in [0.2, 0.25) is 0 Å². The molecule has 0 saturated heterocycles. The minimum absolute atomic E-state index is 0.0260. The van der Waals surface area contributed by atoms with Crippen LogP contribution in [0.3, 0.4) is 0 Å². The average Bonchev–Trinajstić information content (AvgIpc) is 3.16. The van der Waals surface area contributed by atoms with Crippen LogP contribution in [0.15, 0.2) is 34.9 Å². The summed E-state index contributed by atoms with van der Waals surface area (Å²) in [6, 6.07) is 6.40. The van der Waals surface area contributed by atoms with Crippen LogP contribution in [0.1, 0.15) is 31.2 Å². The number of ether oxygens (including phenoxy) is 1. The zero-order valence-corrected chi connectivity index (χ0v) is 15.3. The number of nitro groups is 1. The van der Waals surface area contributed by atoms with E-state index in [4.69, 9.17) is 9.15 Å². The van der Waals surface area contributed by atoms with Crippen molar-refractivity contribution in [2.75, 3.05) is 26.7 Å². The second kappa shape index (κ2) is 9.21. The van der Waals surface area contributed by atoms with E-state index in [0.29, 0.717) is 12.1 Å². The highest BCUT2D eigenvalue weighted by molar-refractivity contribution is 5.53. The molecular weight excluding hydrogens is 338 g/mol. The standard InChI is InChI=1S/C18H25N3O5/c1-4-20(5-2)15(17-7-6-8-26-17)12-19-11-13-9-18(25-3)16(22)10-14(13)21(23)24/h6-10,15,19,22H,4-5,11-12H2,1-3H3. The molecule has 0 bridgehead atoms. The number of hydrogen-bond acceptors (Lipinski definition) is 7. The minimum Gasteiger partial charge on any atom is -0.504 e. The molecule has 1 unspecified atom stereocenters. The maximum atomic E-state index is 11.3. The Hall–Kier alpha value is -2.58. The van der Waals surface area contributed by atoms with Crippen LogP contribution in [-0.4, -0.2) is 41.7 Å². The number of nitrogens with zero attached hydrogens (tertiary/aromatic N) is 2. The van der Waals surface area contributed by atoms with Crippen molar-refractivity contribution in [2.24, 2.45) is 0 Å². The van der Waals surface area contributed by atoms with Gasteiger partial charge in [-0.1, -0.05) is 13.8 Å². The Morgan fingerprint density at radius 1 is 1.38 bits per heavy atom. The van der Waals surface area contributed by atoms with Crippen molar-refractivity contribution in [1.29, 1.82) is 0 Å². The summed E-state index contributed by atoms with van der Waals surface area (Å²) in [5.74, 6) is 0.803. The van der Waals surface area contributed by atoms with Crippen molar-refractivity contribution in [3.63, 3.8) is 0 Å². The lowest BCUT2D eigenvalue weighted by atomic mass is 10.1. The van der Waals surface area contributed by atoms with Gasteiger partial charge < -0.3 is 19.6 Å². The number of phenolic OH excluding ortho intramolecular Hbond substituents is 1. The summed E-state index contributed by atoms with van der Waals surface area (Å²) in [5, 5.41) is 24.3. The molecule has 26 heavy (non-hydrogen) atoms. The first kappa shape index (κ1) is 19.7. The Bertz CT molecular complexity index is 714. The van der Waals surface area contributed by atoms with Gasteiger partial charge in [-0.3, -0.25) is 15.0 Å². The Morgan fingerprint density at radius 2 is 2.12 bits per heavy atom. The molecule has 0 amide bonds. The van der Waals surface area contributed by atoms with Crippen molar-refractivity contribution in [3.05, 3.63) is 52.0 Å². The number of likely N-dealkylation sites (N-methyl/N-ethyl adjacent to an activating group) is 1. The van der Waals surface area contributed by atoms with E-state index in [2.05, 4.69) is 24.1 Å². The number of aromatic hydroxyl groups is 1. The Kier molecular flexibility index (Phi) is 6.99. The lowest BCUT2D eigenvalue weighted by Crippen LogP contribution is -2.35. The third-order valence-electron chi connectivity index (χ3n) is 4.35. The van der Waals surface area contributed by atoms with Crippen molar-refractivity contribution in [2.45, 2.75) is 26.4 Å². The molecule has 1 aromatic carbocycles. The molecule has 8 heteroatoms. The third kappa shape index (κ3) is 4.53. The first-order chi connectivity index (χ1) is 12.5. The van der Waals surface area contributed by atoms with Crippen molar-refractivity contribution < 1.29 is 19.2 Å². The topological polar surface area (TPSA) is 101 Å². The maximum absolute atomic E-state index is 11.3. The maximum Gasteiger partial charge on any atom is 0.277 e. The number of rotatable bonds is 10. The molecule has 0 aliphatic rings. The van der Waals surface area contributed by atoms with Crippen LogP contribution in [-0.2, 0) is 6.54 Å². The molecule has 0 fully saturated rings. The van der Waals surface area contributed by atoms with E-state index in [1.54, 1.807) is 6.26 Å². The van der Waals surface area contributed by atoms with Gasteiger partial charge in [0.2, 0.25) is 0 Å². The first-order valence-corrected chi connectivity index (χ1v) is 8.54. The predicted octanol–water partition coefficient (Wildman–Crippen LogP) is 3.07. The summed E-state index contributed by atoms with van der Waals surface area (Å²) in [4.78, 5) is 13.0. The largest absolute Gasteiger partial charge is 0.504 e. The highest BCUT2D eigenvalue weighted by Crippen LogP contribution is 2.33. The fourth-order valence-corrected chi connectivity index (χ4v) is 2.97. The van der Waals surface area contributed by atoms with Crippen LogP contribution >= 0.6 is 0 Å². The van der Waals surface area contributed by atoms with E-state index in [-0.39, 0.29) is 29.8 Å². The zero-order chi connectivity index (χ0) is 19.1. The van der Waals surface area contributed by atoms with Gasteiger partial charge in [0, 0.05) is 18.7 Å². The fraction of sp³-hybridized carbons (Fsp3) is 0.444. The normalized spacial score (nSPS) is 12.3. The molecule has 0 saturated carbocycles. The van der Waals surface area contributed by atoms with Crippen LogP contribution in [0.4, 0.5) is 5.69 Å². The van der Waals surface area contributed by atoms with Gasteiger partial charge in [-0.05, 0) is 31.3 Å². The Labute approximate surface area is 152 Å². The van der Waals surface area contributed by atoms with E-state index in [1.165, 1.54) is 13.2 Å². The highest BCUT2D eigenvalue weighted by Gasteiger charge is 2.22. The number of methoxy groups -OCH3 is 1. The number of hydrogen-bond donors (Lipinski definition) is 2. The average molecular weight is 363 g/mol. The lowest BCUT2D eigenvalue weighted by molar-refractivity contribution is -0.385. The number of benzene rings is 1. The van der Waals surface area contributed by atoms with Gasteiger partial charge in [0.1, 0.15) is 5.76 Å². The van der Waals surface area contributed by atoms with Crippen LogP contribution in [0.25, 0.3) is 0 Å². The second-order valence-electron chi connectivity index (χ2n) is 5.79. The highest BCUT2D eigenvalue weighted by atomic mass is 16.6. The quantitative estimate of drug-likeness (QED) is 0.494. The van der Waals surface area contributed by atoms with Crippen molar-refractivity contribution >= 4 is 5.69 Å². The minimum atomic E-state index is -0.509. The van der Waals surface area contributed by atoms with Crippen LogP contribution < -0.4 is 10.1 Å². The van der Waals surface area contributed by atoms with Gasteiger partial charge in [0.05, 0.1) is 30.4 Å². The summed E-state index contributed by atoms with van der Waals surface area (Å²) in [6.45, 7) is 6.71. The van der Waals surface area contributed by atoms with E-state index >= 15 is 0 Å². The molecule has 0 aliphatic heterocycles. The third-order valence-corrected chi connectivity index (χ3v) is 4.35. The van der Waals surface area contributed by atoms with Gasteiger partial charge in [-0.15, -0.1) is 0 Å². The van der Waals surface area contributed by atoms with Gasteiger partial charge in [0.25, 0.3) is 5.69 Å². The Morgan fingerprint density at radius 3 is 2.65 bits per heavy atom. The number of phenols is 1. The van der Waals surface area contributed by atoms with E-state index in [0.717, 1.165) is 24.9 Å². The molecule has 2 N–H and O–H groups in total. The van der Waals surface area contributed by atoms with Crippen molar-refractivity contribution in [3.8, 4) is 11.5 Å². The van der Waals surface area contributed by atoms with E-state index in [9.17, 15) is 15.2 Å². The number of furan rings is 1. The monoisotopic (exact) mass is 363 g/mol. The van der Waals surface area contributed by atoms with Gasteiger partial charge in [0.15, 0.2) is 11.5 Å². The summed E-state index contributed by atoms with van der Waals surface area (Å²) in [7, 11) is 1.41. The summed E-state index contributed by atoms with van der Waals surface area (Å²) in [5.41, 5.74) is 0.301. The Balaban J connectivity index is 2.15. The number of nitro benzene ring substituents is 1. The SMILES string of the molecule is CCN(CC)C(CNCc1cc(OC)c(O)cc1[N+](=O)[O-])c1ccco1. The van der Waals surface area contributed by atoms with E-state index in [1.807, 2.05) is 12.1 Å². The second-order valence-corrected chi connectivity index (χ2v) is 5.79. The van der Waals surface area contributed by atoms with Gasteiger partial charge in [-0.25, -0.2) is 0 Å². The molecule has 0 spiro atoms. The lowest BCUT2D eigenvalue weighted by Gasteiger charge is -2.28. The van der Waals surface area contributed by atoms with Gasteiger partial charge >= 0.3 is 0 Å².